The quantitative estimate of drug-likeness (QED) is 0.827. The van der Waals surface area contributed by atoms with Gasteiger partial charge in [0, 0.05) is 17.1 Å². The van der Waals surface area contributed by atoms with Gasteiger partial charge < -0.3 is 5.32 Å². The monoisotopic (exact) mass is 265 g/mol. The Labute approximate surface area is 116 Å². The van der Waals surface area contributed by atoms with E-state index in [1.54, 1.807) is 0 Å². The summed E-state index contributed by atoms with van der Waals surface area (Å²) in [6, 6.07) is 9.22. The summed E-state index contributed by atoms with van der Waals surface area (Å²) in [6.07, 6.45) is 3.95. The first-order chi connectivity index (χ1) is 8.56. The van der Waals surface area contributed by atoms with Gasteiger partial charge in [0.05, 0.1) is 0 Å². The number of halogens is 1. The minimum absolute atomic E-state index is 0.384. The van der Waals surface area contributed by atoms with E-state index in [0.717, 1.165) is 16.9 Å². The van der Waals surface area contributed by atoms with Gasteiger partial charge in [-0.2, -0.15) is 0 Å². The van der Waals surface area contributed by atoms with Gasteiger partial charge in [0.2, 0.25) is 0 Å². The Balaban J connectivity index is 1.93. The van der Waals surface area contributed by atoms with Gasteiger partial charge in [-0.25, -0.2) is 0 Å². The lowest BCUT2D eigenvalue weighted by atomic mass is 9.79. The third-order valence-corrected chi connectivity index (χ3v) is 4.67. The summed E-state index contributed by atoms with van der Waals surface area (Å²) in [5.41, 5.74) is 1.29. The van der Waals surface area contributed by atoms with Crippen molar-refractivity contribution in [3.8, 4) is 0 Å². The van der Waals surface area contributed by atoms with E-state index in [2.05, 4.69) is 38.2 Å². The average molecular weight is 266 g/mol. The highest BCUT2D eigenvalue weighted by molar-refractivity contribution is 6.30. The van der Waals surface area contributed by atoms with Crippen molar-refractivity contribution in [2.75, 3.05) is 0 Å². The molecule has 0 aromatic heterocycles. The molecule has 2 rings (SSSR count). The molecule has 1 aromatic carbocycles. The zero-order valence-corrected chi connectivity index (χ0v) is 12.4. The normalized spacial score (nSPS) is 30.1. The first-order valence-electron chi connectivity index (χ1n) is 7.07. The molecule has 4 atom stereocenters. The van der Waals surface area contributed by atoms with Crippen molar-refractivity contribution >= 4 is 11.6 Å². The standard InChI is InChI=1S/C16H24ClN/c1-11-7-8-16(9-12(11)2)18-13(3)14-5-4-6-15(17)10-14/h4-6,10-13,16,18H,7-9H2,1-3H3/t11?,12?,13-,16?/m0/s1. The summed E-state index contributed by atoms with van der Waals surface area (Å²) in [5, 5.41) is 4.58. The van der Waals surface area contributed by atoms with Gasteiger partial charge >= 0.3 is 0 Å². The van der Waals surface area contributed by atoms with E-state index in [4.69, 9.17) is 11.6 Å². The summed E-state index contributed by atoms with van der Waals surface area (Å²) >= 11 is 6.05. The largest absolute Gasteiger partial charge is 0.307 e. The Bertz CT molecular complexity index is 390. The van der Waals surface area contributed by atoms with Gasteiger partial charge in [0.25, 0.3) is 0 Å². The average Bonchev–Trinajstić information content (AvgIpc) is 2.34. The maximum atomic E-state index is 6.05. The molecule has 100 valence electrons. The van der Waals surface area contributed by atoms with Crippen LogP contribution in [0, 0.1) is 11.8 Å². The van der Waals surface area contributed by atoms with Crippen LogP contribution >= 0.6 is 11.6 Å². The van der Waals surface area contributed by atoms with Crippen molar-refractivity contribution in [1.29, 1.82) is 0 Å². The summed E-state index contributed by atoms with van der Waals surface area (Å²) in [5.74, 6) is 1.72. The fourth-order valence-corrected chi connectivity index (χ4v) is 3.12. The van der Waals surface area contributed by atoms with Crippen molar-refractivity contribution in [3.05, 3.63) is 34.9 Å². The zero-order valence-electron chi connectivity index (χ0n) is 11.6. The molecular weight excluding hydrogens is 242 g/mol. The molecule has 1 aromatic rings. The molecule has 0 heterocycles. The van der Waals surface area contributed by atoms with E-state index >= 15 is 0 Å². The second-order valence-corrected chi connectivity index (χ2v) is 6.34. The van der Waals surface area contributed by atoms with Crippen LogP contribution in [-0.2, 0) is 0 Å². The zero-order chi connectivity index (χ0) is 13.1. The van der Waals surface area contributed by atoms with Crippen LogP contribution in [0.25, 0.3) is 0 Å². The van der Waals surface area contributed by atoms with Gasteiger partial charge in [0.15, 0.2) is 0 Å². The molecule has 1 N–H and O–H groups in total. The lowest BCUT2D eigenvalue weighted by Gasteiger charge is -2.34. The van der Waals surface area contributed by atoms with Gasteiger partial charge in [-0.15, -0.1) is 0 Å². The van der Waals surface area contributed by atoms with E-state index in [-0.39, 0.29) is 0 Å². The van der Waals surface area contributed by atoms with Crippen molar-refractivity contribution < 1.29 is 0 Å². The fraction of sp³-hybridized carbons (Fsp3) is 0.625. The molecule has 0 amide bonds. The highest BCUT2D eigenvalue weighted by atomic mass is 35.5. The molecule has 0 radical (unpaired) electrons. The van der Waals surface area contributed by atoms with Gasteiger partial charge in [-0.05, 0) is 55.7 Å². The lowest BCUT2D eigenvalue weighted by Crippen LogP contribution is -2.37. The first kappa shape index (κ1) is 13.9. The molecular formula is C16H24ClN. The Kier molecular flexibility index (Phi) is 4.69. The Morgan fingerprint density at radius 1 is 1.22 bits per heavy atom. The minimum Gasteiger partial charge on any atom is -0.307 e. The predicted octanol–water partition coefficient (Wildman–Crippen LogP) is 4.82. The molecule has 0 saturated heterocycles. The number of hydrogen-bond donors (Lipinski definition) is 1. The van der Waals surface area contributed by atoms with E-state index in [9.17, 15) is 0 Å². The van der Waals surface area contributed by atoms with Crippen molar-refractivity contribution in [2.45, 2.75) is 52.1 Å². The van der Waals surface area contributed by atoms with Crippen LogP contribution in [0.2, 0.25) is 5.02 Å². The number of nitrogens with one attached hydrogen (secondary N) is 1. The minimum atomic E-state index is 0.384. The molecule has 0 aliphatic heterocycles. The predicted molar refractivity (Wildman–Crippen MR) is 79.0 cm³/mol. The lowest BCUT2D eigenvalue weighted by molar-refractivity contribution is 0.217. The fourth-order valence-electron chi connectivity index (χ4n) is 2.92. The maximum absolute atomic E-state index is 6.05. The molecule has 1 fully saturated rings. The molecule has 1 saturated carbocycles. The van der Waals surface area contributed by atoms with Crippen LogP contribution in [0.15, 0.2) is 24.3 Å². The van der Waals surface area contributed by atoms with Crippen LogP contribution < -0.4 is 5.32 Å². The van der Waals surface area contributed by atoms with E-state index in [1.807, 2.05) is 12.1 Å². The van der Waals surface area contributed by atoms with E-state index in [1.165, 1.54) is 24.8 Å². The van der Waals surface area contributed by atoms with Gasteiger partial charge in [-0.3, -0.25) is 0 Å². The van der Waals surface area contributed by atoms with Crippen molar-refractivity contribution in [2.24, 2.45) is 11.8 Å². The summed E-state index contributed by atoms with van der Waals surface area (Å²) in [6.45, 7) is 6.98. The summed E-state index contributed by atoms with van der Waals surface area (Å²) in [4.78, 5) is 0. The van der Waals surface area contributed by atoms with E-state index < -0.39 is 0 Å². The second kappa shape index (κ2) is 6.08. The molecule has 1 aliphatic carbocycles. The maximum Gasteiger partial charge on any atom is 0.0409 e. The highest BCUT2D eigenvalue weighted by Gasteiger charge is 2.25. The second-order valence-electron chi connectivity index (χ2n) is 5.91. The highest BCUT2D eigenvalue weighted by Crippen LogP contribution is 2.30. The smallest absolute Gasteiger partial charge is 0.0409 e. The summed E-state index contributed by atoms with van der Waals surface area (Å²) in [7, 11) is 0. The number of benzene rings is 1. The van der Waals surface area contributed by atoms with E-state index in [0.29, 0.717) is 12.1 Å². The van der Waals surface area contributed by atoms with Gasteiger partial charge in [-0.1, -0.05) is 37.6 Å². The third-order valence-electron chi connectivity index (χ3n) is 4.43. The molecule has 1 aliphatic rings. The Hall–Kier alpha value is -0.530. The Morgan fingerprint density at radius 3 is 2.67 bits per heavy atom. The summed E-state index contributed by atoms with van der Waals surface area (Å²) < 4.78 is 0. The van der Waals surface area contributed by atoms with Crippen LogP contribution in [0.4, 0.5) is 0 Å². The molecule has 3 unspecified atom stereocenters. The van der Waals surface area contributed by atoms with Crippen LogP contribution in [0.5, 0.6) is 0 Å². The molecule has 2 heteroatoms. The molecule has 18 heavy (non-hydrogen) atoms. The Morgan fingerprint density at radius 2 is 2.00 bits per heavy atom. The SMILES string of the molecule is CC1CCC(N[C@@H](C)c2cccc(Cl)c2)CC1C. The number of rotatable bonds is 3. The number of hydrogen-bond acceptors (Lipinski definition) is 1. The van der Waals surface area contributed by atoms with Crippen LogP contribution in [0.3, 0.4) is 0 Å². The molecule has 1 nitrogen and oxygen atoms in total. The van der Waals surface area contributed by atoms with Crippen LogP contribution in [-0.4, -0.2) is 6.04 Å². The topological polar surface area (TPSA) is 12.0 Å². The van der Waals surface area contributed by atoms with Crippen molar-refractivity contribution in [1.82, 2.24) is 5.32 Å². The first-order valence-corrected chi connectivity index (χ1v) is 7.45. The van der Waals surface area contributed by atoms with Crippen molar-refractivity contribution in [3.63, 3.8) is 0 Å². The molecule has 0 spiro atoms. The third kappa shape index (κ3) is 3.49. The van der Waals surface area contributed by atoms with Gasteiger partial charge in [0.1, 0.15) is 0 Å². The van der Waals surface area contributed by atoms with Crippen LogP contribution in [0.1, 0.15) is 51.6 Å². The molecule has 0 bridgehead atoms.